The van der Waals surface area contributed by atoms with Crippen LogP contribution in [-0.4, -0.2) is 16.0 Å². The summed E-state index contributed by atoms with van der Waals surface area (Å²) < 4.78 is 0. The van der Waals surface area contributed by atoms with Gasteiger partial charge in [0, 0.05) is 11.9 Å². The van der Waals surface area contributed by atoms with Crippen molar-refractivity contribution in [3.63, 3.8) is 0 Å². The molecule has 0 N–H and O–H groups in total. The third kappa shape index (κ3) is 15.1. The lowest BCUT2D eigenvalue weighted by Crippen LogP contribution is -2.35. The molecule has 1 nitrogen and oxygen atoms in total. The fourth-order valence-corrected chi connectivity index (χ4v) is 4.22. The summed E-state index contributed by atoms with van der Waals surface area (Å²) in [6.07, 6.45) is 9.09. The van der Waals surface area contributed by atoms with E-state index in [9.17, 15) is 0 Å². The van der Waals surface area contributed by atoms with Crippen molar-refractivity contribution in [3.8, 4) is 0 Å². The summed E-state index contributed by atoms with van der Waals surface area (Å²) in [5.74, 6) is 2.57. The molecule has 0 amide bonds. The van der Waals surface area contributed by atoms with Gasteiger partial charge in [-0.15, -0.1) is 18.3 Å². The molecular formula is C26H51NS. The number of allylic oxidation sites excluding steroid dienone is 4. The Labute approximate surface area is 183 Å². The molecule has 0 rings (SSSR count). The summed E-state index contributed by atoms with van der Waals surface area (Å²) in [4.78, 5) is 2.39. The number of thioether (sulfide) groups is 1. The van der Waals surface area contributed by atoms with E-state index in [1.54, 1.807) is 6.08 Å². The van der Waals surface area contributed by atoms with Crippen LogP contribution >= 0.6 is 11.8 Å². The van der Waals surface area contributed by atoms with Gasteiger partial charge in [0.05, 0.1) is 5.37 Å². The Balaban J connectivity index is -0.00000113. The Bertz CT molecular complexity index is 436. The lowest BCUT2D eigenvalue weighted by molar-refractivity contribution is 0.261. The monoisotopic (exact) mass is 409 g/mol. The molecule has 0 aromatic rings. The van der Waals surface area contributed by atoms with Crippen LogP contribution in [0.3, 0.4) is 0 Å². The van der Waals surface area contributed by atoms with Gasteiger partial charge in [0.15, 0.2) is 0 Å². The zero-order valence-electron chi connectivity index (χ0n) is 20.9. The highest BCUT2D eigenvalue weighted by atomic mass is 32.2. The minimum absolute atomic E-state index is 0.454. The number of hydrogen-bond acceptors (Lipinski definition) is 2. The smallest absolute Gasteiger partial charge is 0.0818 e. The van der Waals surface area contributed by atoms with Crippen LogP contribution in [0.2, 0.25) is 0 Å². The van der Waals surface area contributed by atoms with Crippen molar-refractivity contribution in [2.45, 2.75) is 100 Å². The second-order valence-corrected chi connectivity index (χ2v) is 8.61. The van der Waals surface area contributed by atoms with Crippen LogP contribution in [0, 0.1) is 11.8 Å². The van der Waals surface area contributed by atoms with E-state index in [0.29, 0.717) is 11.3 Å². The van der Waals surface area contributed by atoms with E-state index in [4.69, 9.17) is 0 Å². The van der Waals surface area contributed by atoms with Gasteiger partial charge in [0.25, 0.3) is 0 Å². The second kappa shape index (κ2) is 20.8. The minimum Gasteiger partial charge on any atom is -0.340 e. The maximum Gasteiger partial charge on any atom is 0.0818 e. The fraction of sp³-hybridized carbons (Fsp3) is 0.692. The number of unbranched alkanes of at least 4 members (excludes halogenated alkanes) is 1. The Morgan fingerprint density at radius 3 is 1.89 bits per heavy atom. The molecular weight excluding hydrogens is 358 g/mol. The van der Waals surface area contributed by atoms with Gasteiger partial charge >= 0.3 is 0 Å². The first kappa shape index (κ1) is 31.8. The van der Waals surface area contributed by atoms with Crippen molar-refractivity contribution >= 4 is 11.8 Å². The van der Waals surface area contributed by atoms with Crippen LogP contribution in [0.5, 0.6) is 0 Å². The van der Waals surface area contributed by atoms with Crippen LogP contribution in [0.4, 0.5) is 0 Å². The van der Waals surface area contributed by atoms with Crippen molar-refractivity contribution in [2.75, 3.05) is 5.75 Å². The predicted molar refractivity (Wildman–Crippen MR) is 137 cm³/mol. The zero-order valence-corrected chi connectivity index (χ0v) is 21.7. The van der Waals surface area contributed by atoms with Crippen molar-refractivity contribution in [2.24, 2.45) is 11.8 Å². The van der Waals surface area contributed by atoms with E-state index in [1.165, 1.54) is 37.0 Å². The van der Waals surface area contributed by atoms with E-state index in [1.807, 2.05) is 20.8 Å². The Morgan fingerprint density at radius 1 is 1.04 bits per heavy atom. The van der Waals surface area contributed by atoms with E-state index in [-0.39, 0.29) is 0 Å². The molecule has 0 aromatic carbocycles. The average Bonchev–Trinajstić information content (AvgIpc) is 2.65. The first-order valence-electron chi connectivity index (χ1n) is 11.1. The van der Waals surface area contributed by atoms with E-state index in [2.05, 4.69) is 91.1 Å². The molecule has 0 fully saturated rings. The van der Waals surface area contributed by atoms with Gasteiger partial charge in [-0.05, 0) is 57.3 Å². The van der Waals surface area contributed by atoms with Gasteiger partial charge in [-0.3, -0.25) is 0 Å². The summed E-state index contributed by atoms with van der Waals surface area (Å²) in [6.45, 7) is 33.3. The number of nitrogens with zero attached hydrogens (tertiary/aromatic N) is 1. The molecule has 0 saturated carbocycles. The van der Waals surface area contributed by atoms with Gasteiger partial charge in [-0.2, -0.15) is 0 Å². The highest BCUT2D eigenvalue weighted by Crippen LogP contribution is 2.34. The first-order chi connectivity index (χ1) is 13.2. The zero-order chi connectivity index (χ0) is 22.7. The van der Waals surface area contributed by atoms with Gasteiger partial charge in [-0.25, -0.2) is 0 Å². The SMILES string of the molecule is C=C(C)/C(C)=C\N(C(=C)C)C(SCCCC)C(C)[C@@H](C)CCC.C=CC.CC. The second-order valence-electron chi connectivity index (χ2n) is 7.38. The van der Waals surface area contributed by atoms with Gasteiger partial charge < -0.3 is 4.90 Å². The van der Waals surface area contributed by atoms with Crippen LogP contribution in [-0.2, 0) is 0 Å². The Morgan fingerprint density at radius 2 is 1.54 bits per heavy atom. The normalized spacial score (nSPS) is 13.7. The molecule has 0 heterocycles. The van der Waals surface area contributed by atoms with Crippen LogP contribution in [0.1, 0.15) is 94.9 Å². The van der Waals surface area contributed by atoms with Crippen molar-refractivity contribution in [1.82, 2.24) is 4.90 Å². The summed E-state index contributed by atoms with van der Waals surface area (Å²) in [6, 6.07) is 0. The lowest BCUT2D eigenvalue weighted by Gasteiger charge is -2.38. The molecule has 0 aliphatic rings. The predicted octanol–water partition coefficient (Wildman–Crippen LogP) is 9.45. The topological polar surface area (TPSA) is 3.24 Å². The van der Waals surface area contributed by atoms with Gasteiger partial charge in [0.1, 0.15) is 0 Å². The third-order valence-corrected chi connectivity index (χ3v) is 6.12. The van der Waals surface area contributed by atoms with Crippen LogP contribution in [0.15, 0.2) is 48.9 Å². The highest BCUT2D eigenvalue weighted by Gasteiger charge is 2.27. The van der Waals surface area contributed by atoms with Crippen LogP contribution < -0.4 is 0 Å². The summed E-state index contributed by atoms with van der Waals surface area (Å²) in [5, 5.41) is 0.454. The molecule has 3 atom stereocenters. The lowest BCUT2D eigenvalue weighted by atomic mass is 9.91. The minimum atomic E-state index is 0.454. The van der Waals surface area contributed by atoms with E-state index >= 15 is 0 Å². The van der Waals surface area contributed by atoms with Crippen molar-refractivity contribution < 1.29 is 0 Å². The number of hydrogen-bond donors (Lipinski definition) is 0. The van der Waals surface area contributed by atoms with Crippen molar-refractivity contribution in [1.29, 1.82) is 0 Å². The molecule has 166 valence electrons. The van der Waals surface area contributed by atoms with E-state index in [0.717, 1.165) is 17.2 Å². The summed E-state index contributed by atoms with van der Waals surface area (Å²) in [5.41, 5.74) is 3.49. The first-order valence-corrected chi connectivity index (χ1v) is 12.2. The fourth-order valence-electron chi connectivity index (χ4n) is 2.55. The number of rotatable bonds is 12. The largest absolute Gasteiger partial charge is 0.340 e. The van der Waals surface area contributed by atoms with Gasteiger partial charge in [-0.1, -0.05) is 85.6 Å². The maximum absolute atomic E-state index is 4.24. The third-order valence-electron chi connectivity index (χ3n) is 4.60. The molecule has 28 heavy (non-hydrogen) atoms. The summed E-state index contributed by atoms with van der Waals surface area (Å²) in [7, 11) is 0. The molecule has 0 bridgehead atoms. The molecule has 0 aliphatic heterocycles. The quantitative estimate of drug-likeness (QED) is 0.137. The average molecular weight is 410 g/mol. The Kier molecular flexibility index (Phi) is 23.7. The summed E-state index contributed by atoms with van der Waals surface area (Å²) >= 11 is 2.09. The molecule has 0 saturated heterocycles. The molecule has 2 heteroatoms. The highest BCUT2D eigenvalue weighted by molar-refractivity contribution is 7.99. The van der Waals surface area contributed by atoms with Crippen LogP contribution in [0.25, 0.3) is 0 Å². The standard InChI is InChI=1S/C21H39NS.C3H6.C2H6/c1-10-12-14-23-21(20(9)18(7)13-11-2)22(17(5)6)15-19(8)16(3)4;1-3-2;1-2/h15,18,20-21H,3,5,10-14H2,1-2,4,6-9H3;3H,1H2,2H3;1-2H3/b19-15-;;/t18-,20?,21?;;/m0../s1. The molecule has 0 radical (unpaired) electrons. The molecule has 0 spiro atoms. The maximum atomic E-state index is 4.24. The van der Waals surface area contributed by atoms with Gasteiger partial charge in [0.2, 0.25) is 0 Å². The Hall–Kier alpha value is -0.890. The van der Waals surface area contributed by atoms with E-state index < -0.39 is 0 Å². The van der Waals surface area contributed by atoms with Crippen molar-refractivity contribution in [3.05, 3.63) is 48.9 Å². The molecule has 0 aromatic heterocycles. The molecule has 2 unspecified atom stereocenters. The molecule has 0 aliphatic carbocycles.